The summed E-state index contributed by atoms with van der Waals surface area (Å²) in [7, 11) is 0. The van der Waals surface area contributed by atoms with Crippen LogP contribution in [0.3, 0.4) is 0 Å². The lowest BCUT2D eigenvalue weighted by molar-refractivity contribution is 0.596. The zero-order chi connectivity index (χ0) is 13.9. The Hall–Kier alpha value is -1.15. The first-order valence-corrected chi connectivity index (χ1v) is 7.40. The van der Waals surface area contributed by atoms with E-state index in [0.29, 0.717) is 5.92 Å². The lowest BCUT2D eigenvalue weighted by Crippen LogP contribution is -2.45. The number of nitrogens with two attached hydrogens (primary N) is 1. The minimum atomic E-state index is -0.307. The summed E-state index contributed by atoms with van der Waals surface area (Å²) in [5.41, 5.74) is 8.52. The van der Waals surface area contributed by atoms with Crippen molar-refractivity contribution in [2.75, 3.05) is 0 Å². The molecule has 0 spiro atoms. The summed E-state index contributed by atoms with van der Waals surface area (Å²) in [5, 5.41) is 0. The summed E-state index contributed by atoms with van der Waals surface area (Å²) >= 11 is 0. The van der Waals surface area contributed by atoms with Crippen molar-refractivity contribution >= 4 is 5.71 Å². The van der Waals surface area contributed by atoms with E-state index in [4.69, 9.17) is 10.7 Å². The van der Waals surface area contributed by atoms with E-state index in [2.05, 4.69) is 45.0 Å². The standard InChI is InChI=1S/C17H26N2/c1-13(14-9-5-4-6-10-14)19-16(17(2,3)18)15-11-7-8-12-15/h4-6,9-10,13,15H,7-8,11-12,18H2,1-3H3/t13-/m1/s1. The van der Waals surface area contributed by atoms with Crippen molar-refractivity contribution in [3.05, 3.63) is 35.9 Å². The molecular weight excluding hydrogens is 232 g/mol. The Bertz CT molecular complexity index is 422. The number of hydrogen-bond donors (Lipinski definition) is 1. The van der Waals surface area contributed by atoms with Crippen molar-refractivity contribution < 1.29 is 0 Å². The predicted molar refractivity (Wildman–Crippen MR) is 82.5 cm³/mol. The third-order valence-electron chi connectivity index (χ3n) is 4.02. The average molecular weight is 258 g/mol. The molecule has 1 saturated carbocycles. The number of rotatable bonds is 4. The molecule has 19 heavy (non-hydrogen) atoms. The van der Waals surface area contributed by atoms with E-state index in [0.717, 1.165) is 0 Å². The van der Waals surface area contributed by atoms with Gasteiger partial charge in [0.15, 0.2) is 0 Å². The Morgan fingerprint density at radius 1 is 1.21 bits per heavy atom. The van der Waals surface area contributed by atoms with E-state index < -0.39 is 0 Å². The van der Waals surface area contributed by atoms with Crippen LogP contribution < -0.4 is 5.73 Å². The molecule has 1 fully saturated rings. The summed E-state index contributed by atoms with van der Waals surface area (Å²) in [4.78, 5) is 4.99. The fourth-order valence-electron chi connectivity index (χ4n) is 3.01. The van der Waals surface area contributed by atoms with Gasteiger partial charge in [0.1, 0.15) is 0 Å². The van der Waals surface area contributed by atoms with Gasteiger partial charge in [0.2, 0.25) is 0 Å². The first kappa shape index (κ1) is 14.3. The van der Waals surface area contributed by atoms with Gasteiger partial charge in [0.05, 0.1) is 6.04 Å². The van der Waals surface area contributed by atoms with Crippen LogP contribution in [0.4, 0.5) is 0 Å². The summed E-state index contributed by atoms with van der Waals surface area (Å²) in [6.45, 7) is 6.33. The molecule has 1 aliphatic rings. The van der Waals surface area contributed by atoms with Gasteiger partial charge in [-0.1, -0.05) is 43.2 Å². The van der Waals surface area contributed by atoms with Crippen LogP contribution in [0, 0.1) is 5.92 Å². The molecule has 2 nitrogen and oxygen atoms in total. The van der Waals surface area contributed by atoms with Gasteiger partial charge in [-0.25, -0.2) is 0 Å². The van der Waals surface area contributed by atoms with E-state index in [1.165, 1.54) is 37.0 Å². The second-order valence-electron chi connectivity index (χ2n) is 6.30. The van der Waals surface area contributed by atoms with Crippen LogP contribution in [-0.2, 0) is 0 Å². The quantitative estimate of drug-likeness (QED) is 0.811. The lowest BCUT2D eigenvalue weighted by Gasteiger charge is -2.28. The molecule has 1 atom stereocenters. The molecule has 0 unspecified atom stereocenters. The van der Waals surface area contributed by atoms with Crippen molar-refractivity contribution in [2.24, 2.45) is 16.6 Å². The highest BCUT2D eigenvalue weighted by Crippen LogP contribution is 2.31. The monoisotopic (exact) mass is 258 g/mol. The molecule has 0 radical (unpaired) electrons. The highest BCUT2D eigenvalue weighted by molar-refractivity contribution is 5.95. The highest BCUT2D eigenvalue weighted by Gasteiger charge is 2.30. The molecule has 1 aromatic carbocycles. The predicted octanol–water partition coefficient (Wildman–Crippen LogP) is 4.12. The molecule has 0 aromatic heterocycles. The molecule has 0 amide bonds. The van der Waals surface area contributed by atoms with Gasteiger partial charge in [-0.3, -0.25) is 4.99 Å². The van der Waals surface area contributed by atoms with Crippen molar-refractivity contribution in [2.45, 2.75) is 58.0 Å². The fraction of sp³-hybridized carbons (Fsp3) is 0.588. The van der Waals surface area contributed by atoms with Gasteiger partial charge in [-0.05, 0) is 45.1 Å². The first-order valence-electron chi connectivity index (χ1n) is 7.40. The molecule has 2 rings (SSSR count). The zero-order valence-electron chi connectivity index (χ0n) is 12.4. The van der Waals surface area contributed by atoms with Crippen LogP contribution in [0.15, 0.2) is 35.3 Å². The number of hydrogen-bond acceptors (Lipinski definition) is 2. The van der Waals surface area contributed by atoms with E-state index in [9.17, 15) is 0 Å². The van der Waals surface area contributed by atoms with Crippen LogP contribution in [0.1, 0.15) is 58.1 Å². The third-order valence-corrected chi connectivity index (χ3v) is 4.02. The second kappa shape index (κ2) is 5.87. The Morgan fingerprint density at radius 3 is 2.32 bits per heavy atom. The van der Waals surface area contributed by atoms with E-state index in [-0.39, 0.29) is 11.6 Å². The van der Waals surface area contributed by atoms with Crippen LogP contribution in [-0.4, -0.2) is 11.3 Å². The molecule has 2 N–H and O–H groups in total. The molecule has 1 aliphatic carbocycles. The number of nitrogens with zero attached hydrogens (tertiary/aromatic N) is 1. The topological polar surface area (TPSA) is 38.4 Å². The van der Waals surface area contributed by atoms with Crippen molar-refractivity contribution in [1.29, 1.82) is 0 Å². The van der Waals surface area contributed by atoms with Gasteiger partial charge in [0.25, 0.3) is 0 Å². The maximum atomic E-state index is 6.36. The van der Waals surface area contributed by atoms with Gasteiger partial charge < -0.3 is 5.73 Å². The van der Waals surface area contributed by atoms with Crippen LogP contribution in [0.5, 0.6) is 0 Å². The summed E-state index contributed by atoms with van der Waals surface area (Å²) in [6.07, 6.45) is 5.14. The maximum absolute atomic E-state index is 6.36. The molecule has 2 heteroatoms. The largest absolute Gasteiger partial charge is 0.321 e. The molecule has 0 heterocycles. The van der Waals surface area contributed by atoms with Gasteiger partial charge >= 0.3 is 0 Å². The molecule has 0 bridgehead atoms. The minimum absolute atomic E-state index is 0.194. The third kappa shape index (κ3) is 3.66. The van der Waals surface area contributed by atoms with Crippen molar-refractivity contribution in [3.8, 4) is 0 Å². The molecular formula is C17H26N2. The highest BCUT2D eigenvalue weighted by atomic mass is 14.9. The first-order chi connectivity index (χ1) is 8.98. The van der Waals surface area contributed by atoms with E-state index >= 15 is 0 Å². The molecule has 1 aromatic rings. The van der Waals surface area contributed by atoms with Gasteiger partial charge in [-0.2, -0.15) is 0 Å². The Balaban J connectivity index is 2.25. The summed E-state index contributed by atoms with van der Waals surface area (Å²) < 4.78 is 0. The fourth-order valence-corrected chi connectivity index (χ4v) is 3.01. The normalized spacial score (nSPS) is 19.7. The smallest absolute Gasteiger partial charge is 0.0721 e. The zero-order valence-corrected chi connectivity index (χ0v) is 12.4. The molecule has 104 valence electrons. The second-order valence-corrected chi connectivity index (χ2v) is 6.30. The van der Waals surface area contributed by atoms with Crippen LogP contribution in [0.2, 0.25) is 0 Å². The number of benzene rings is 1. The average Bonchev–Trinajstić information content (AvgIpc) is 2.88. The van der Waals surface area contributed by atoms with E-state index in [1.807, 2.05) is 6.07 Å². The van der Waals surface area contributed by atoms with Gasteiger partial charge in [-0.15, -0.1) is 0 Å². The SMILES string of the molecule is C[C@@H](N=C(C1CCCC1)C(C)(C)N)c1ccccc1. The Labute approximate surface area is 117 Å². The van der Waals surface area contributed by atoms with Crippen LogP contribution in [0.25, 0.3) is 0 Å². The van der Waals surface area contributed by atoms with Crippen LogP contribution >= 0.6 is 0 Å². The van der Waals surface area contributed by atoms with Gasteiger partial charge in [0, 0.05) is 11.3 Å². The molecule has 0 aliphatic heterocycles. The lowest BCUT2D eigenvalue weighted by atomic mass is 9.87. The van der Waals surface area contributed by atoms with E-state index in [1.54, 1.807) is 0 Å². The summed E-state index contributed by atoms with van der Waals surface area (Å²) in [5.74, 6) is 0.589. The molecule has 0 saturated heterocycles. The number of aliphatic imine (C=N–C) groups is 1. The van der Waals surface area contributed by atoms with Crippen molar-refractivity contribution in [3.63, 3.8) is 0 Å². The van der Waals surface area contributed by atoms with Crippen molar-refractivity contribution in [1.82, 2.24) is 0 Å². The minimum Gasteiger partial charge on any atom is -0.321 e. The Kier molecular flexibility index (Phi) is 4.41. The Morgan fingerprint density at radius 2 is 1.79 bits per heavy atom. The summed E-state index contributed by atoms with van der Waals surface area (Å²) in [6, 6.07) is 10.7. The maximum Gasteiger partial charge on any atom is 0.0721 e.